The first kappa shape index (κ1) is 18.0. The van der Waals surface area contributed by atoms with Gasteiger partial charge in [0.05, 0.1) is 5.92 Å². The molecule has 3 heterocycles. The maximum atomic E-state index is 12.6. The van der Waals surface area contributed by atoms with Crippen LogP contribution in [0.4, 0.5) is 0 Å². The molecule has 1 aromatic carbocycles. The average molecular weight is 365 g/mol. The molecule has 2 aliphatic rings. The molecule has 1 spiro atoms. The third kappa shape index (κ3) is 3.56. The maximum Gasteiger partial charge on any atom is 0.228 e. The molecular formula is C22H27N3O2. The third-order valence-corrected chi connectivity index (χ3v) is 6.21. The zero-order valence-corrected chi connectivity index (χ0v) is 16.1. The highest BCUT2D eigenvalue weighted by Gasteiger charge is 2.46. The van der Waals surface area contributed by atoms with Crippen LogP contribution < -0.4 is 5.32 Å². The molecule has 27 heavy (non-hydrogen) atoms. The fraction of sp³-hybridized carbons (Fsp3) is 0.455. The quantitative estimate of drug-likeness (QED) is 0.848. The van der Waals surface area contributed by atoms with Crippen molar-refractivity contribution in [2.24, 2.45) is 7.05 Å². The maximum absolute atomic E-state index is 12.6. The molecule has 0 radical (unpaired) electrons. The van der Waals surface area contributed by atoms with Crippen LogP contribution in [0.15, 0.2) is 42.6 Å². The zero-order chi connectivity index (χ0) is 19.0. The number of Topliss-reactive ketones (excluding diaryl/α,β-unsaturated/α-hetero) is 1. The van der Waals surface area contributed by atoms with Gasteiger partial charge in [0, 0.05) is 49.7 Å². The second-order valence-electron chi connectivity index (χ2n) is 8.10. The molecule has 1 aromatic heterocycles. The van der Waals surface area contributed by atoms with Crippen LogP contribution in [0.1, 0.15) is 53.7 Å². The van der Waals surface area contributed by atoms with Crippen LogP contribution in [-0.4, -0.2) is 39.8 Å². The van der Waals surface area contributed by atoms with E-state index < -0.39 is 0 Å². The van der Waals surface area contributed by atoms with Crippen molar-refractivity contribution in [3.63, 3.8) is 0 Å². The number of carbonyl (C=O) groups excluding carboxylic acids is 2. The molecule has 0 bridgehead atoms. The van der Waals surface area contributed by atoms with Crippen molar-refractivity contribution >= 4 is 11.7 Å². The Labute approximate surface area is 160 Å². The van der Waals surface area contributed by atoms with Crippen LogP contribution in [0.3, 0.4) is 0 Å². The molecule has 2 aromatic rings. The van der Waals surface area contributed by atoms with E-state index in [1.165, 1.54) is 0 Å². The van der Waals surface area contributed by atoms with E-state index in [4.69, 9.17) is 0 Å². The summed E-state index contributed by atoms with van der Waals surface area (Å²) in [6.07, 6.45) is 4.76. The number of nitrogens with zero attached hydrogens (tertiary/aromatic N) is 2. The summed E-state index contributed by atoms with van der Waals surface area (Å²) in [4.78, 5) is 26.6. The molecule has 142 valence electrons. The number of nitrogens with one attached hydrogen (secondary N) is 1. The molecule has 4 rings (SSSR count). The van der Waals surface area contributed by atoms with Crippen LogP contribution in [-0.2, 0) is 18.4 Å². The van der Waals surface area contributed by atoms with Crippen LogP contribution in [0.2, 0.25) is 0 Å². The molecule has 0 unspecified atom stereocenters. The Morgan fingerprint density at radius 2 is 1.93 bits per heavy atom. The van der Waals surface area contributed by atoms with Crippen molar-refractivity contribution in [2.45, 2.75) is 44.2 Å². The molecule has 5 nitrogen and oxygen atoms in total. The van der Waals surface area contributed by atoms with Gasteiger partial charge in [0.2, 0.25) is 5.91 Å². The number of piperidine rings is 1. The van der Waals surface area contributed by atoms with Crippen LogP contribution in [0.25, 0.3) is 0 Å². The number of rotatable bonds is 4. The van der Waals surface area contributed by atoms with Gasteiger partial charge in [-0.2, -0.15) is 0 Å². The highest BCUT2D eigenvalue weighted by Crippen LogP contribution is 2.39. The molecule has 1 N–H and O–H groups in total. The summed E-state index contributed by atoms with van der Waals surface area (Å²) in [6, 6.07) is 12.1. The van der Waals surface area contributed by atoms with E-state index in [0.29, 0.717) is 0 Å². The number of aromatic nitrogens is 1. The number of amides is 1. The minimum atomic E-state index is -0.0627. The SMILES string of the molecule is CC(=O)c1cc(CN2CCC3(CC2)C[C@@H](c2ccccc2)C(=O)N3)n(C)c1. The van der Waals surface area contributed by atoms with Crippen molar-refractivity contribution in [3.05, 3.63) is 59.4 Å². The molecule has 0 aliphatic carbocycles. The summed E-state index contributed by atoms with van der Waals surface area (Å²) >= 11 is 0. The van der Waals surface area contributed by atoms with E-state index in [-0.39, 0.29) is 23.1 Å². The van der Waals surface area contributed by atoms with Crippen molar-refractivity contribution in [1.29, 1.82) is 0 Å². The molecule has 1 amide bonds. The Hall–Kier alpha value is -2.40. The Bertz CT molecular complexity index is 848. The molecule has 0 saturated carbocycles. The summed E-state index contributed by atoms with van der Waals surface area (Å²) in [5, 5.41) is 3.32. The molecule has 2 aliphatic heterocycles. The molecule has 2 saturated heterocycles. The molecular weight excluding hydrogens is 338 g/mol. The van der Waals surface area contributed by atoms with Gasteiger partial charge in [-0.15, -0.1) is 0 Å². The minimum Gasteiger partial charge on any atom is -0.353 e. The van der Waals surface area contributed by atoms with Gasteiger partial charge in [-0.1, -0.05) is 30.3 Å². The number of carbonyl (C=O) groups is 2. The predicted molar refractivity (Wildman–Crippen MR) is 105 cm³/mol. The predicted octanol–water partition coefficient (Wildman–Crippen LogP) is 2.87. The van der Waals surface area contributed by atoms with Gasteiger partial charge in [0.15, 0.2) is 5.78 Å². The lowest BCUT2D eigenvalue weighted by Gasteiger charge is -2.39. The smallest absolute Gasteiger partial charge is 0.228 e. The standard InChI is InChI=1S/C22H27N3O2/c1-16(26)18-12-19(24(2)14-18)15-25-10-8-22(9-11-25)13-20(21(27)23-22)17-6-4-3-5-7-17/h3-7,12,14,20H,8-11,13,15H2,1-2H3,(H,23,27)/t20-/m0/s1. The number of hydrogen-bond acceptors (Lipinski definition) is 3. The highest BCUT2D eigenvalue weighted by atomic mass is 16.2. The monoisotopic (exact) mass is 365 g/mol. The Balaban J connectivity index is 1.39. The van der Waals surface area contributed by atoms with E-state index in [1.54, 1.807) is 6.92 Å². The lowest BCUT2D eigenvalue weighted by Crippen LogP contribution is -2.50. The average Bonchev–Trinajstić information content (AvgIpc) is 3.18. The normalized spacial score (nSPS) is 22.1. The van der Waals surface area contributed by atoms with Crippen LogP contribution in [0.5, 0.6) is 0 Å². The fourth-order valence-corrected chi connectivity index (χ4v) is 4.49. The van der Waals surface area contributed by atoms with Gasteiger partial charge < -0.3 is 9.88 Å². The number of aryl methyl sites for hydroxylation is 1. The fourth-order valence-electron chi connectivity index (χ4n) is 4.49. The van der Waals surface area contributed by atoms with Gasteiger partial charge in [-0.05, 0) is 37.8 Å². The zero-order valence-electron chi connectivity index (χ0n) is 16.1. The number of benzene rings is 1. The summed E-state index contributed by atoms with van der Waals surface area (Å²) in [7, 11) is 1.99. The molecule has 1 atom stereocenters. The second kappa shape index (κ2) is 6.97. The number of likely N-dealkylation sites (tertiary alicyclic amines) is 1. The summed E-state index contributed by atoms with van der Waals surface area (Å²) in [5.74, 6) is 0.252. The van der Waals surface area contributed by atoms with Crippen molar-refractivity contribution in [2.75, 3.05) is 13.1 Å². The summed E-state index contributed by atoms with van der Waals surface area (Å²) in [6.45, 7) is 4.37. The Kier molecular flexibility index (Phi) is 4.64. The second-order valence-corrected chi connectivity index (χ2v) is 8.10. The van der Waals surface area contributed by atoms with E-state index in [0.717, 1.165) is 55.7 Å². The molecule has 2 fully saturated rings. The van der Waals surface area contributed by atoms with Crippen molar-refractivity contribution in [1.82, 2.24) is 14.8 Å². The van der Waals surface area contributed by atoms with Gasteiger partial charge in [0.25, 0.3) is 0 Å². The summed E-state index contributed by atoms with van der Waals surface area (Å²) < 4.78 is 2.05. The van der Waals surface area contributed by atoms with E-state index in [9.17, 15) is 9.59 Å². The third-order valence-electron chi connectivity index (χ3n) is 6.21. The van der Waals surface area contributed by atoms with Gasteiger partial charge in [-0.3, -0.25) is 14.5 Å². The van der Waals surface area contributed by atoms with Gasteiger partial charge in [-0.25, -0.2) is 0 Å². The van der Waals surface area contributed by atoms with Gasteiger partial charge in [0.1, 0.15) is 0 Å². The van der Waals surface area contributed by atoms with Crippen LogP contribution >= 0.6 is 0 Å². The lowest BCUT2D eigenvalue weighted by molar-refractivity contribution is -0.121. The van der Waals surface area contributed by atoms with E-state index in [1.807, 2.05) is 42.1 Å². The summed E-state index contributed by atoms with van der Waals surface area (Å²) in [5.41, 5.74) is 2.99. The first-order chi connectivity index (χ1) is 13.0. The molecule has 5 heteroatoms. The highest BCUT2D eigenvalue weighted by molar-refractivity contribution is 5.94. The lowest BCUT2D eigenvalue weighted by atomic mass is 9.82. The van der Waals surface area contributed by atoms with Crippen molar-refractivity contribution < 1.29 is 9.59 Å². The number of hydrogen-bond donors (Lipinski definition) is 1. The Morgan fingerprint density at radius 1 is 1.22 bits per heavy atom. The van der Waals surface area contributed by atoms with Crippen molar-refractivity contribution in [3.8, 4) is 0 Å². The van der Waals surface area contributed by atoms with Gasteiger partial charge >= 0.3 is 0 Å². The minimum absolute atomic E-state index is 0.0243. The van der Waals surface area contributed by atoms with Crippen LogP contribution in [0, 0.1) is 0 Å². The van der Waals surface area contributed by atoms with E-state index in [2.05, 4.69) is 22.3 Å². The van der Waals surface area contributed by atoms with E-state index >= 15 is 0 Å². The number of ketones is 1. The largest absolute Gasteiger partial charge is 0.353 e. The first-order valence-electron chi connectivity index (χ1n) is 9.71. The Morgan fingerprint density at radius 3 is 2.56 bits per heavy atom. The first-order valence-corrected chi connectivity index (χ1v) is 9.71. The topological polar surface area (TPSA) is 54.3 Å².